The lowest BCUT2D eigenvalue weighted by molar-refractivity contribution is -0.384. The average molecular weight is 455 g/mol. The van der Waals surface area contributed by atoms with Crippen molar-refractivity contribution in [1.82, 2.24) is 20.1 Å². The maximum atomic E-state index is 12.4. The standard InChI is InChI=1S/C21H22N6O4S/c1-13-11-16(27(30)31)9-10-17(13)23-18(28)12-32-21-25-24-19(26(21)3)14(2)22-20(29)15-7-5-4-6-8-15/h4-11,14H,12H2,1-3H3,(H,22,29)(H,23,28)/t14-/m1/s1. The summed E-state index contributed by atoms with van der Waals surface area (Å²) < 4.78 is 1.73. The lowest BCUT2D eigenvalue weighted by Gasteiger charge is -2.13. The fourth-order valence-corrected chi connectivity index (χ4v) is 3.70. The van der Waals surface area contributed by atoms with E-state index < -0.39 is 4.92 Å². The Morgan fingerprint density at radius 2 is 1.91 bits per heavy atom. The second-order valence-corrected chi connectivity index (χ2v) is 8.00. The number of carbonyl (C=O) groups excluding carboxylic acids is 2. The number of nitrogens with zero attached hydrogens (tertiary/aromatic N) is 4. The molecule has 0 saturated carbocycles. The van der Waals surface area contributed by atoms with Gasteiger partial charge in [0.15, 0.2) is 11.0 Å². The average Bonchev–Trinajstić information content (AvgIpc) is 3.14. The number of amides is 2. The van der Waals surface area contributed by atoms with Gasteiger partial charge in [-0.1, -0.05) is 30.0 Å². The molecule has 0 bridgehead atoms. The SMILES string of the molecule is Cc1cc([N+](=O)[O-])ccc1NC(=O)CSc1nnc([C@@H](C)NC(=O)c2ccccc2)n1C. The Hall–Kier alpha value is -3.73. The molecule has 11 heteroatoms. The van der Waals surface area contributed by atoms with Crippen molar-refractivity contribution in [2.45, 2.75) is 25.0 Å². The summed E-state index contributed by atoms with van der Waals surface area (Å²) in [4.78, 5) is 35.0. The van der Waals surface area contributed by atoms with Crippen LogP contribution in [0.5, 0.6) is 0 Å². The van der Waals surface area contributed by atoms with Crippen LogP contribution in [0.25, 0.3) is 0 Å². The van der Waals surface area contributed by atoms with Crippen LogP contribution < -0.4 is 10.6 Å². The van der Waals surface area contributed by atoms with E-state index in [0.717, 1.165) is 0 Å². The third-order valence-electron chi connectivity index (χ3n) is 4.67. The van der Waals surface area contributed by atoms with E-state index in [2.05, 4.69) is 20.8 Å². The maximum Gasteiger partial charge on any atom is 0.269 e. The first-order valence-corrected chi connectivity index (χ1v) is 10.7. The molecule has 0 unspecified atom stereocenters. The van der Waals surface area contributed by atoms with Gasteiger partial charge in [0.1, 0.15) is 0 Å². The molecule has 0 fully saturated rings. The smallest absolute Gasteiger partial charge is 0.269 e. The van der Waals surface area contributed by atoms with Gasteiger partial charge < -0.3 is 15.2 Å². The van der Waals surface area contributed by atoms with Crippen LogP contribution in [0, 0.1) is 17.0 Å². The van der Waals surface area contributed by atoms with Crippen LogP contribution in [0.1, 0.15) is 34.7 Å². The van der Waals surface area contributed by atoms with Crippen molar-refractivity contribution in [3.05, 3.63) is 75.6 Å². The second kappa shape index (κ2) is 10.1. The molecule has 0 saturated heterocycles. The molecule has 0 spiro atoms. The fraction of sp³-hybridized carbons (Fsp3) is 0.238. The van der Waals surface area contributed by atoms with Crippen LogP contribution in [0.15, 0.2) is 53.7 Å². The van der Waals surface area contributed by atoms with Crippen molar-refractivity contribution in [2.24, 2.45) is 7.05 Å². The number of nitrogens with one attached hydrogen (secondary N) is 2. The lowest BCUT2D eigenvalue weighted by Crippen LogP contribution is -2.28. The van der Waals surface area contributed by atoms with Gasteiger partial charge in [0.05, 0.1) is 16.7 Å². The number of hydrogen-bond donors (Lipinski definition) is 2. The van der Waals surface area contributed by atoms with Crippen LogP contribution in [0.3, 0.4) is 0 Å². The van der Waals surface area contributed by atoms with Crippen molar-refractivity contribution in [1.29, 1.82) is 0 Å². The highest BCUT2D eigenvalue weighted by Gasteiger charge is 2.19. The van der Waals surface area contributed by atoms with E-state index in [1.165, 1.54) is 30.0 Å². The highest BCUT2D eigenvalue weighted by Crippen LogP contribution is 2.23. The van der Waals surface area contributed by atoms with E-state index in [0.29, 0.717) is 27.8 Å². The van der Waals surface area contributed by atoms with Crippen molar-refractivity contribution in [3.63, 3.8) is 0 Å². The molecule has 1 aromatic heterocycles. The lowest BCUT2D eigenvalue weighted by atomic mass is 10.2. The van der Waals surface area contributed by atoms with E-state index >= 15 is 0 Å². The molecule has 1 heterocycles. The summed E-state index contributed by atoms with van der Waals surface area (Å²) in [6.07, 6.45) is 0. The van der Waals surface area contributed by atoms with Crippen LogP contribution in [0.4, 0.5) is 11.4 Å². The van der Waals surface area contributed by atoms with E-state index in [4.69, 9.17) is 0 Å². The quantitative estimate of drug-likeness (QED) is 0.303. The van der Waals surface area contributed by atoms with Crippen molar-refractivity contribution < 1.29 is 14.5 Å². The second-order valence-electron chi connectivity index (χ2n) is 7.05. The molecule has 0 aliphatic heterocycles. The first kappa shape index (κ1) is 22.9. The number of aromatic nitrogens is 3. The number of carbonyl (C=O) groups is 2. The number of rotatable bonds is 8. The Balaban J connectivity index is 1.58. The normalized spacial score (nSPS) is 11.6. The summed E-state index contributed by atoms with van der Waals surface area (Å²) in [5, 5.41) is 25.2. The number of thioether (sulfide) groups is 1. The zero-order valence-electron chi connectivity index (χ0n) is 17.7. The van der Waals surface area contributed by atoms with E-state index in [-0.39, 0.29) is 29.3 Å². The first-order chi connectivity index (χ1) is 15.3. The highest BCUT2D eigenvalue weighted by molar-refractivity contribution is 7.99. The van der Waals surface area contributed by atoms with Crippen molar-refractivity contribution in [2.75, 3.05) is 11.1 Å². The zero-order valence-corrected chi connectivity index (χ0v) is 18.5. The van der Waals surface area contributed by atoms with Crippen LogP contribution in [-0.2, 0) is 11.8 Å². The number of non-ortho nitro benzene ring substituents is 1. The van der Waals surface area contributed by atoms with Gasteiger partial charge in [-0.25, -0.2) is 0 Å². The molecule has 0 aliphatic carbocycles. The molecular formula is C21H22N6O4S. The van der Waals surface area contributed by atoms with Crippen LogP contribution in [-0.4, -0.2) is 37.3 Å². The fourth-order valence-electron chi connectivity index (χ4n) is 2.98. The minimum Gasteiger partial charge on any atom is -0.342 e. The number of benzene rings is 2. The van der Waals surface area contributed by atoms with Crippen LogP contribution >= 0.6 is 11.8 Å². The predicted molar refractivity (Wildman–Crippen MR) is 121 cm³/mol. The first-order valence-electron chi connectivity index (χ1n) is 9.69. The number of anilines is 1. The Kier molecular flexibility index (Phi) is 7.21. The minimum atomic E-state index is -0.483. The van der Waals surface area contributed by atoms with Gasteiger partial charge in [-0.2, -0.15) is 0 Å². The van der Waals surface area contributed by atoms with Gasteiger partial charge in [0.25, 0.3) is 11.6 Å². The van der Waals surface area contributed by atoms with Gasteiger partial charge in [-0.15, -0.1) is 10.2 Å². The van der Waals surface area contributed by atoms with Gasteiger partial charge in [0, 0.05) is 30.4 Å². The monoisotopic (exact) mass is 454 g/mol. The summed E-state index contributed by atoms with van der Waals surface area (Å²) in [5.41, 5.74) is 1.63. The Morgan fingerprint density at radius 1 is 1.19 bits per heavy atom. The van der Waals surface area contributed by atoms with Gasteiger partial charge in [-0.05, 0) is 37.6 Å². The minimum absolute atomic E-state index is 0.0324. The van der Waals surface area contributed by atoms with E-state index in [9.17, 15) is 19.7 Å². The van der Waals surface area contributed by atoms with E-state index in [1.54, 1.807) is 42.8 Å². The largest absolute Gasteiger partial charge is 0.342 e. The van der Waals surface area contributed by atoms with Gasteiger partial charge >= 0.3 is 0 Å². The van der Waals surface area contributed by atoms with Gasteiger partial charge in [0.2, 0.25) is 5.91 Å². The number of aryl methyl sites for hydroxylation is 1. The number of nitro benzene ring substituents is 1. The zero-order chi connectivity index (χ0) is 23.3. The molecule has 3 rings (SSSR count). The summed E-state index contributed by atoms with van der Waals surface area (Å²) in [6, 6.07) is 12.7. The number of hydrogen-bond acceptors (Lipinski definition) is 7. The topological polar surface area (TPSA) is 132 Å². The summed E-state index contributed by atoms with van der Waals surface area (Å²) in [6.45, 7) is 3.50. The third-order valence-corrected chi connectivity index (χ3v) is 5.69. The Labute approximate surface area is 188 Å². The summed E-state index contributed by atoms with van der Waals surface area (Å²) in [5.74, 6) is 0.145. The molecule has 166 valence electrons. The van der Waals surface area contributed by atoms with Crippen molar-refractivity contribution >= 4 is 35.0 Å². The van der Waals surface area contributed by atoms with Gasteiger partial charge in [-0.3, -0.25) is 19.7 Å². The van der Waals surface area contributed by atoms with Crippen LogP contribution in [0.2, 0.25) is 0 Å². The molecule has 2 N–H and O–H groups in total. The van der Waals surface area contributed by atoms with Crippen molar-refractivity contribution in [3.8, 4) is 0 Å². The molecule has 1 atom stereocenters. The Morgan fingerprint density at radius 3 is 2.56 bits per heavy atom. The molecule has 32 heavy (non-hydrogen) atoms. The molecule has 3 aromatic rings. The maximum absolute atomic E-state index is 12.4. The molecule has 2 aromatic carbocycles. The van der Waals surface area contributed by atoms with E-state index in [1.807, 2.05) is 13.0 Å². The molecule has 10 nitrogen and oxygen atoms in total. The summed E-state index contributed by atoms with van der Waals surface area (Å²) >= 11 is 1.20. The summed E-state index contributed by atoms with van der Waals surface area (Å²) in [7, 11) is 1.77. The molecule has 2 amide bonds. The number of nitro groups is 1. The molecular weight excluding hydrogens is 432 g/mol. The third kappa shape index (κ3) is 5.49. The Bertz CT molecular complexity index is 1150. The molecule has 0 radical (unpaired) electrons. The predicted octanol–water partition coefficient (Wildman–Crippen LogP) is 3.25. The highest BCUT2D eigenvalue weighted by atomic mass is 32.2. The molecule has 0 aliphatic rings.